The monoisotopic (exact) mass is 259 g/mol. The molecule has 2 aromatic rings. The van der Waals surface area contributed by atoms with Gasteiger partial charge in [-0.25, -0.2) is 0 Å². The number of ether oxygens (including phenoxy) is 1. The molecule has 1 fully saturated rings. The van der Waals surface area contributed by atoms with Gasteiger partial charge >= 0.3 is 0 Å². The third kappa shape index (κ3) is 2.67. The van der Waals surface area contributed by atoms with Crippen molar-refractivity contribution in [2.45, 2.75) is 25.3 Å². The molecule has 0 aliphatic carbocycles. The molecule has 1 aliphatic heterocycles. The third-order valence-electron chi connectivity index (χ3n) is 3.46. The van der Waals surface area contributed by atoms with E-state index in [1.165, 1.54) is 0 Å². The van der Waals surface area contributed by atoms with Crippen LogP contribution in [0.25, 0.3) is 11.4 Å². The van der Waals surface area contributed by atoms with Gasteiger partial charge in [-0.05, 0) is 18.4 Å². The Morgan fingerprint density at radius 1 is 1.16 bits per heavy atom. The van der Waals surface area contributed by atoms with E-state index in [4.69, 9.17) is 15.0 Å². The standard InChI is InChI=1S/C14H17N3O2/c15-9-10-1-3-11(4-2-10)13-16-14(19-17-13)12-5-7-18-8-6-12/h1-4,12H,5-9,15H2. The van der Waals surface area contributed by atoms with Crippen molar-refractivity contribution >= 4 is 0 Å². The van der Waals surface area contributed by atoms with Gasteiger partial charge in [-0.1, -0.05) is 29.4 Å². The minimum absolute atomic E-state index is 0.332. The number of hydrogen-bond donors (Lipinski definition) is 1. The summed E-state index contributed by atoms with van der Waals surface area (Å²) in [6.45, 7) is 2.08. The van der Waals surface area contributed by atoms with Crippen LogP contribution >= 0.6 is 0 Å². The molecule has 0 amide bonds. The van der Waals surface area contributed by atoms with Gasteiger partial charge in [-0.2, -0.15) is 4.98 Å². The number of nitrogens with zero attached hydrogens (tertiary/aromatic N) is 2. The number of aromatic nitrogens is 2. The van der Waals surface area contributed by atoms with Gasteiger partial charge in [0.05, 0.1) is 0 Å². The van der Waals surface area contributed by atoms with Gasteiger partial charge in [0.1, 0.15) is 0 Å². The van der Waals surface area contributed by atoms with Gasteiger partial charge < -0.3 is 15.0 Å². The van der Waals surface area contributed by atoms with Crippen molar-refractivity contribution in [3.63, 3.8) is 0 Å². The Morgan fingerprint density at radius 3 is 2.58 bits per heavy atom. The van der Waals surface area contributed by atoms with Gasteiger partial charge in [-0.3, -0.25) is 0 Å². The Kier molecular flexibility index (Phi) is 3.57. The van der Waals surface area contributed by atoms with Crippen LogP contribution in [0.2, 0.25) is 0 Å². The average Bonchev–Trinajstić information content (AvgIpc) is 2.98. The van der Waals surface area contributed by atoms with E-state index in [1.807, 2.05) is 24.3 Å². The third-order valence-corrected chi connectivity index (χ3v) is 3.46. The van der Waals surface area contributed by atoms with Crippen LogP contribution in [0.3, 0.4) is 0 Å². The normalized spacial score (nSPS) is 16.7. The summed E-state index contributed by atoms with van der Waals surface area (Å²) in [5.74, 6) is 1.70. The zero-order valence-electron chi connectivity index (χ0n) is 10.7. The summed E-state index contributed by atoms with van der Waals surface area (Å²) in [5.41, 5.74) is 7.63. The summed E-state index contributed by atoms with van der Waals surface area (Å²) in [7, 11) is 0. The highest BCUT2D eigenvalue weighted by atomic mass is 16.5. The van der Waals surface area contributed by atoms with E-state index in [0.29, 0.717) is 18.3 Å². The van der Waals surface area contributed by atoms with Crippen LogP contribution in [0.5, 0.6) is 0 Å². The van der Waals surface area contributed by atoms with E-state index in [1.54, 1.807) is 0 Å². The molecule has 3 rings (SSSR count). The molecule has 0 saturated carbocycles. The summed E-state index contributed by atoms with van der Waals surface area (Å²) in [6, 6.07) is 7.92. The summed E-state index contributed by atoms with van der Waals surface area (Å²) in [4.78, 5) is 4.50. The van der Waals surface area contributed by atoms with Gasteiger partial charge in [0.25, 0.3) is 0 Å². The lowest BCUT2D eigenvalue weighted by Gasteiger charge is -2.17. The number of nitrogens with two attached hydrogens (primary N) is 1. The summed E-state index contributed by atoms with van der Waals surface area (Å²) in [6.07, 6.45) is 1.90. The van der Waals surface area contributed by atoms with E-state index in [0.717, 1.165) is 43.1 Å². The summed E-state index contributed by atoms with van der Waals surface area (Å²) >= 11 is 0. The smallest absolute Gasteiger partial charge is 0.230 e. The van der Waals surface area contributed by atoms with Crippen molar-refractivity contribution in [3.05, 3.63) is 35.7 Å². The van der Waals surface area contributed by atoms with Crippen LogP contribution in [-0.4, -0.2) is 23.4 Å². The minimum Gasteiger partial charge on any atom is -0.381 e. The Morgan fingerprint density at radius 2 is 1.89 bits per heavy atom. The van der Waals surface area contributed by atoms with Gasteiger partial charge in [0.15, 0.2) is 0 Å². The zero-order valence-corrected chi connectivity index (χ0v) is 10.7. The first kappa shape index (κ1) is 12.3. The van der Waals surface area contributed by atoms with Crippen molar-refractivity contribution in [1.29, 1.82) is 0 Å². The van der Waals surface area contributed by atoms with Gasteiger partial charge in [0, 0.05) is 31.2 Å². The highest BCUT2D eigenvalue weighted by molar-refractivity contribution is 5.54. The van der Waals surface area contributed by atoms with Crippen molar-refractivity contribution in [2.75, 3.05) is 13.2 Å². The fourth-order valence-corrected chi connectivity index (χ4v) is 2.25. The van der Waals surface area contributed by atoms with Crippen molar-refractivity contribution in [2.24, 2.45) is 5.73 Å². The summed E-state index contributed by atoms with van der Waals surface area (Å²) < 4.78 is 10.7. The lowest BCUT2D eigenvalue weighted by molar-refractivity contribution is 0.0778. The molecular weight excluding hydrogens is 242 g/mol. The molecule has 0 spiro atoms. The first-order chi connectivity index (χ1) is 9.36. The molecular formula is C14H17N3O2. The van der Waals surface area contributed by atoms with Gasteiger partial charge in [-0.15, -0.1) is 0 Å². The molecule has 2 heterocycles. The second kappa shape index (κ2) is 5.50. The second-order valence-electron chi connectivity index (χ2n) is 4.74. The molecule has 2 N–H and O–H groups in total. The fourth-order valence-electron chi connectivity index (χ4n) is 2.25. The quantitative estimate of drug-likeness (QED) is 0.913. The number of rotatable bonds is 3. The van der Waals surface area contributed by atoms with Crippen LogP contribution in [0.1, 0.15) is 30.2 Å². The lowest BCUT2D eigenvalue weighted by Crippen LogP contribution is -2.14. The van der Waals surface area contributed by atoms with E-state index in [2.05, 4.69) is 10.1 Å². The Bertz CT molecular complexity index is 530. The molecule has 1 saturated heterocycles. The molecule has 100 valence electrons. The highest BCUT2D eigenvalue weighted by Crippen LogP contribution is 2.27. The topological polar surface area (TPSA) is 74.2 Å². The number of benzene rings is 1. The van der Waals surface area contributed by atoms with Crippen LogP contribution in [0.4, 0.5) is 0 Å². The van der Waals surface area contributed by atoms with Crippen LogP contribution < -0.4 is 5.73 Å². The first-order valence-electron chi connectivity index (χ1n) is 6.57. The predicted molar refractivity (Wildman–Crippen MR) is 70.4 cm³/mol. The fraction of sp³-hybridized carbons (Fsp3) is 0.429. The van der Waals surface area contributed by atoms with Crippen molar-refractivity contribution in [1.82, 2.24) is 10.1 Å². The molecule has 5 nitrogen and oxygen atoms in total. The highest BCUT2D eigenvalue weighted by Gasteiger charge is 2.22. The minimum atomic E-state index is 0.332. The maximum Gasteiger partial charge on any atom is 0.230 e. The SMILES string of the molecule is NCc1ccc(-c2noc(C3CCOCC3)n2)cc1. The van der Waals surface area contributed by atoms with Crippen LogP contribution in [0.15, 0.2) is 28.8 Å². The van der Waals surface area contributed by atoms with E-state index < -0.39 is 0 Å². The van der Waals surface area contributed by atoms with E-state index in [-0.39, 0.29) is 0 Å². The molecule has 19 heavy (non-hydrogen) atoms. The van der Waals surface area contributed by atoms with Crippen molar-refractivity contribution < 1.29 is 9.26 Å². The Labute approximate surface area is 111 Å². The van der Waals surface area contributed by atoms with Crippen LogP contribution in [0, 0.1) is 0 Å². The maximum atomic E-state index is 5.58. The van der Waals surface area contributed by atoms with Crippen molar-refractivity contribution in [3.8, 4) is 11.4 Å². The Balaban J connectivity index is 1.79. The first-order valence-corrected chi connectivity index (χ1v) is 6.57. The Hall–Kier alpha value is -1.72. The van der Waals surface area contributed by atoms with Crippen LogP contribution in [-0.2, 0) is 11.3 Å². The molecule has 1 aromatic carbocycles. The number of hydrogen-bond acceptors (Lipinski definition) is 5. The van der Waals surface area contributed by atoms with Gasteiger partial charge in [0.2, 0.25) is 11.7 Å². The predicted octanol–water partition coefficient (Wildman–Crippen LogP) is 2.09. The maximum absolute atomic E-state index is 5.58. The molecule has 0 bridgehead atoms. The molecule has 0 atom stereocenters. The molecule has 5 heteroatoms. The van der Waals surface area contributed by atoms with E-state index >= 15 is 0 Å². The van der Waals surface area contributed by atoms with E-state index in [9.17, 15) is 0 Å². The summed E-state index contributed by atoms with van der Waals surface area (Å²) in [5, 5.41) is 4.06. The largest absolute Gasteiger partial charge is 0.381 e. The second-order valence-corrected chi connectivity index (χ2v) is 4.74. The molecule has 1 aromatic heterocycles. The average molecular weight is 259 g/mol. The molecule has 0 unspecified atom stereocenters. The molecule has 0 radical (unpaired) electrons. The molecule has 1 aliphatic rings. The zero-order chi connectivity index (χ0) is 13.1. The lowest BCUT2D eigenvalue weighted by atomic mass is 10.0.